The molecule has 0 saturated heterocycles. The maximum Gasteiger partial charge on any atom is 0.416 e. The van der Waals surface area contributed by atoms with Gasteiger partial charge in [0.1, 0.15) is 5.82 Å². The fraction of sp³-hybridized carbons (Fsp3) is 0.286. The first kappa shape index (κ1) is 15.1. The van der Waals surface area contributed by atoms with Gasteiger partial charge < -0.3 is 10.5 Å². The quantitative estimate of drug-likeness (QED) is 0.877. The molecule has 1 heterocycles. The number of nitrogen functional groups attached to an aromatic ring is 1. The van der Waals surface area contributed by atoms with E-state index in [1.807, 2.05) is 6.92 Å². The van der Waals surface area contributed by atoms with Crippen LogP contribution in [0.1, 0.15) is 24.0 Å². The first-order valence-electron chi connectivity index (χ1n) is 6.28. The van der Waals surface area contributed by atoms with E-state index >= 15 is 0 Å². The number of rotatable bonds is 3. The Hall–Kier alpha value is -2.31. The molecule has 7 heteroatoms. The molecule has 2 aromatic rings. The number of hydrogen-bond donors (Lipinski definition) is 1. The van der Waals surface area contributed by atoms with Crippen LogP contribution in [-0.4, -0.2) is 9.97 Å². The fourth-order valence-corrected chi connectivity index (χ4v) is 1.76. The predicted molar refractivity (Wildman–Crippen MR) is 72.1 cm³/mol. The van der Waals surface area contributed by atoms with E-state index in [0.29, 0.717) is 12.2 Å². The normalized spacial score (nSPS) is 11.5. The van der Waals surface area contributed by atoms with E-state index in [0.717, 1.165) is 17.8 Å². The zero-order chi connectivity index (χ0) is 15.6. The lowest BCUT2D eigenvalue weighted by molar-refractivity contribution is -0.137. The Bertz CT molecular complexity index is 656. The summed E-state index contributed by atoms with van der Waals surface area (Å²) in [6.45, 7) is 3.64. The van der Waals surface area contributed by atoms with Crippen LogP contribution in [-0.2, 0) is 12.6 Å². The third-order valence-electron chi connectivity index (χ3n) is 2.78. The Morgan fingerprint density at radius 2 is 1.90 bits per heavy atom. The van der Waals surface area contributed by atoms with Gasteiger partial charge in [-0.25, -0.2) is 4.98 Å². The van der Waals surface area contributed by atoms with E-state index < -0.39 is 11.7 Å². The molecule has 0 unspecified atom stereocenters. The van der Waals surface area contributed by atoms with Crippen molar-refractivity contribution in [3.8, 4) is 11.6 Å². The highest BCUT2D eigenvalue weighted by atomic mass is 19.4. The fourth-order valence-electron chi connectivity index (χ4n) is 1.76. The third kappa shape index (κ3) is 3.62. The third-order valence-corrected chi connectivity index (χ3v) is 2.78. The van der Waals surface area contributed by atoms with Gasteiger partial charge in [0, 0.05) is 11.8 Å². The minimum atomic E-state index is -4.44. The van der Waals surface area contributed by atoms with Crippen molar-refractivity contribution in [3.63, 3.8) is 0 Å². The molecule has 0 saturated carbocycles. The van der Waals surface area contributed by atoms with Crippen LogP contribution in [0, 0.1) is 6.92 Å². The van der Waals surface area contributed by atoms with Crippen LogP contribution in [0.15, 0.2) is 24.3 Å². The zero-order valence-corrected chi connectivity index (χ0v) is 11.5. The van der Waals surface area contributed by atoms with Crippen molar-refractivity contribution < 1.29 is 17.9 Å². The van der Waals surface area contributed by atoms with Crippen molar-refractivity contribution in [3.05, 3.63) is 41.3 Å². The Kier molecular flexibility index (Phi) is 4.02. The highest BCUT2D eigenvalue weighted by Crippen LogP contribution is 2.35. The molecular weight excluding hydrogens is 283 g/mol. The molecule has 2 N–H and O–H groups in total. The maximum atomic E-state index is 12.6. The molecule has 112 valence electrons. The molecule has 2 rings (SSSR count). The van der Waals surface area contributed by atoms with Gasteiger partial charge in [-0.05, 0) is 31.5 Å². The van der Waals surface area contributed by atoms with Crippen LogP contribution in [0.25, 0.3) is 0 Å². The van der Waals surface area contributed by atoms with E-state index in [2.05, 4.69) is 9.97 Å². The largest absolute Gasteiger partial charge is 0.437 e. The van der Waals surface area contributed by atoms with E-state index in [1.165, 1.54) is 6.07 Å². The summed E-state index contributed by atoms with van der Waals surface area (Å²) in [7, 11) is 0. The second-order valence-electron chi connectivity index (χ2n) is 4.45. The van der Waals surface area contributed by atoms with Gasteiger partial charge in [0.05, 0.1) is 11.3 Å². The monoisotopic (exact) mass is 297 g/mol. The average molecular weight is 297 g/mol. The second kappa shape index (κ2) is 5.59. The van der Waals surface area contributed by atoms with Crippen molar-refractivity contribution >= 4 is 5.69 Å². The summed E-state index contributed by atoms with van der Waals surface area (Å²) < 4.78 is 43.1. The van der Waals surface area contributed by atoms with Crippen molar-refractivity contribution in [1.82, 2.24) is 9.97 Å². The molecule has 1 aromatic carbocycles. The van der Waals surface area contributed by atoms with Gasteiger partial charge in [0.25, 0.3) is 0 Å². The molecule has 1 aromatic heterocycles. The number of ether oxygens (including phenoxy) is 1. The molecule has 0 aliphatic carbocycles. The van der Waals surface area contributed by atoms with Crippen molar-refractivity contribution in [2.24, 2.45) is 0 Å². The van der Waals surface area contributed by atoms with E-state index in [4.69, 9.17) is 10.5 Å². The Morgan fingerprint density at radius 1 is 1.19 bits per heavy atom. The number of aryl methyl sites for hydroxylation is 2. The molecule has 21 heavy (non-hydrogen) atoms. The van der Waals surface area contributed by atoms with Crippen LogP contribution in [0.2, 0.25) is 0 Å². The Labute approximate surface area is 119 Å². The lowest BCUT2D eigenvalue weighted by Gasteiger charge is -2.12. The number of anilines is 1. The van der Waals surface area contributed by atoms with E-state index in [-0.39, 0.29) is 17.3 Å². The predicted octanol–water partition coefficient (Wildman–Crippen LogP) is 3.74. The summed E-state index contributed by atoms with van der Waals surface area (Å²) in [6, 6.07) is 4.57. The number of benzene rings is 1. The number of nitrogens with two attached hydrogens (primary N) is 1. The number of halogens is 3. The summed E-state index contributed by atoms with van der Waals surface area (Å²) in [5, 5.41) is 0. The van der Waals surface area contributed by atoms with Crippen molar-refractivity contribution in [1.29, 1.82) is 0 Å². The zero-order valence-electron chi connectivity index (χ0n) is 11.5. The molecule has 0 radical (unpaired) electrons. The summed E-state index contributed by atoms with van der Waals surface area (Å²) in [5.41, 5.74) is 5.47. The Balaban J connectivity index is 2.30. The molecular formula is C14H14F3N3O. The molecule has 4 nitrogen and oxygen atoms in total. The highest BCUT2D eigenvalue weighted by molar-refractivity contribution is 5.55. The van der Waals surface area contributed by atoms with Gasteiger partial charge >= 0.3 is 6.18 Å². The SMILES string of the molecule is CCc1cc(Oc2ccc(C(F)(F)F)cc2N)nc(C)n1. The van der Waals surface area contributed by atoms with Crippen molar-refractivity contribution in [2.75, 3.05) is 5.73 Å². The van der Waals surface area contributed by atoms with Crippen LogP contribution in [0.3, 0.4) is 0 Å². The topological polar surface area (TPSA) is 61.0 Å². The minimum Gasteiger partial charge on any atom is -0.437 e. The van der Waals surface area contributed by atoms with Gasteiger partial charge in [0.15, 0.2) is 5.75 Å². The summed E-state index contributed by atoms with van der Waals surface area (Å²) in [5.74, 6) is 0.906. The first-order chi connectivity index (χ1) is 9.79. The van der Waals surface area contributed by atoms with Gasteiger partial charge in [-0.1, -0.05) is 6.92 Å². The number of hydrogen-bond acceptors (Lipinski definition) is 4. The van der Waals surface area contributed by atoms with Gasteiger partial charge in [-0.2, -0.15) is 18.2 Å². The average Bonchev–Trinajstić information content (AvgIpc) is 2.39. The number of alkyl halides is 3. The highest BCUT2D eigenvalue weighted by Gasteiger charge is 2.31. The first-order valence-corrected chi connectivity index (χ1v) is 6.28. The molecule has 0 spiro atoms. The second-order valence-corrected chi connectivity index (χ2v) is 4.45. The minimum absolute atomic E-state index is 0.0980. The lowest BCUT2D eigenvalue weighted by Crippen LogP contribution is -2.06. The molecule has 0 bridgehead atoms. The van der Waals surface area contributed by atoms with Crippen molar-refractivity contribution in [2.45, 2.75) is 26.4 Å². The van der Waals surface area contributed by atoms with Crippen LogP contribution in [0.4, 0.5) is 18.9 Å². The van der Waals surface area contributed by atoms with Gasteiger partial charge in [0.2, 0.25) is 5.88 Å². The number of aromatic nitrogens is 2. The Morgan fingerprint density at radius 3 is 2.48 bits per heavy atom. The molecule has 0 aliphatic rings. The van der Waals surface area contributed by atoms with Gasteiger partial charge in [-0.3, -0.25) is 0 Å². The lowest BCUT2D eigenvalue weighted by atomic mass is 10.2. The van der Waals surface area contributed by atoms with Crippen LogP contribution < -0.4 is 10.5 Å². The van der Waals surface area contributed by atoms with E-state index in [1.54, 1.807) is 13.0 Å². The molecule has 0 fully saturated rings. The van der Waals surface area contributed by atoms with E-state index in [9.17, 15) is 13.2 Å². The van der Waals surface area contributed by atoms with Crippen LogP contribution >= 0.6 is 0 Å². The standard InChI is InChI=1S/C14H14F3N3O/c1-3-10-7-13(20-8(2)19-10)21-12-5-4-9(6-11(12)18)14(15,16)17/h4-7H,3,18H2,1-2H3. The number of nitrogens with zero attached hydrogens (tertiary/aromatic N) is 2. The molecule has 0 amide bonds. The maximum absolute atomic E-state index is 12.6. The van der Waals surface area contributed by atoms with Gasteiger partial charge in [-0.15, -0.1) is 0 Å². The smallest absolute Gasteiger partial charge is 0.416 e. The summed E-state index contributed by atoms with van der Waals surface area (Å²) in [4.78, 5) is 8.27. The summed E-state index contributed by atoms with van der Waals surface area (Å²) in [6.07, 6.45) is -3.74. The molecule has 0 aliphatic heterocycles. The van der Waals surface area contributed by atoms with Crippen LogP contribution in [0.5, 0.6) is 11.6 Å². The molecule has 0 atom stereocenters. The summed E-state index contributed by atoms with van der Waals surface area (Å²) >= 11 is 0.